The van der Waals surface area contributed by atoms with Crippen molar-refractivity contribution in [1.82, 2.24) is 9.80 Å². The molecule has 122 valence electrons. The molecule has 0 unspecified atom stereocenters. The molecule has 3 aliphatic rings. The van der Waals surface area contributed by atoms with Crippen LogP contribution >= 0.6 is 0 Å². The Bertz CT molecular complexity index is 658. The molecular formula is C18H22N2O3. The van der Waals surface area contributed by atoms with Crippen LogP contribution in [0.3, 0.4) is 0 Å². The zero-order valence-electron chi connectivity index (χ0n) is 13.5. The summed E-state index contributed by atoms with van der Waals surface area (Å²) in [5, 5.41) is 0. The van der Waals surface area contributed by atoms with Gasteiger partial charge in [-0.1, -0.05) is 6.07 Å². The average molecular weight is 314 g/mol. The topological polar surface area (TPSA) is 49.9 Å². The Hall–Kier alpha value is -1.88. The lowest BCUT2D eigenvalue weighted by Gasteiger charge is -2.33. The van der Waals surface area contributed by atoms with E-state index in [1.807, 2.05) is 11.0 Å². The molecule has 0 aromatic heterocycles. The van der Waals surface area contributed by atoms with Crippen LogP contribution in [0.4, 0.5) is 0 Å². The number of nitrogens with zero attached hydrogens (tertiary/aromatic N) is 2. The number of hydrogen-bond donors (Lipinski definition) is 0. The first-order chi connectivity index (χ1) is 11.1. The summed E-state index contributed by atoms with van der Waals surface area (Å²) in [5.74, 6) is 0.0477. The molecule has 2 heterocycles. The first-order valence-electron chi connectivity index (χ1n) is 8.42. The second-order valence-corrected chi connectivity index (χ2v) is 6.82. The van der Waals surface area contributed by atoms with E-state index in [-0.39, 0.29) is 30.6 Å². The summed E-state index contributed by atoms with van der Waals surface area (Å²) in [6.07, 6.45) is 4.59. The van der Waals surface area contributed by atoms with E-state index in [0.717, 1.165) is 18.4 Å². The van der Waals surface area contributed by atoms with Crippen LogP contribution in [0.25, 0.3) is 0 Å². The van der Waals surface area contributed by atoms with Gasteiger partial charge in [-0.3, -0.25) is 9.59 Å². The number of aryl methyl sites for hydroxylation is 2. The van der Waals surface area contributed by atoms with Crippen LogP contribution in [-0.4, -0.2) is 60.5 Å². The second-order valence-electron chi connectivity index (χ2n) is 6.82. The van der Waals surface area contributed by atoms with Gasteiger partial charge in [0.2, 0.25) is 5.91 Å². The van der Waals surface area contributed by atoms with E-state index in [1.54, 1.807) is 11.9 Å². The van der Waals surface area contributed by atoms with Gasteiger partial charge < -0.3 is 14.5 Å². The van der Waals surface area contributed by atoms with Crippen molar-refractivity contribution in [2.45, 2.75) is 37.8 Å². The summed E-state index contributed by atoms with van der Waals surface area (Å²) >= 11 is 0. The van der Waals surface area contributed by atoms with Crippen LogP contribution in [0.2, 0.25) is 0 Å². The molecule has 2 atom stereocenters. The van der Waals surface area contributed by atoms with E-state index in [4.69, 9.17) is 4.74 Å². The molecule has 5 heteroatoms. The third-order valence-electron chi connectivity index (χ3n) is 5.43. The monoisotopic (exact) mass is 314 g/mol. The summed E-state index contributed by atoms with van der Waals surface area (Å²) in [4.78, 5) is 28.1. The summed E-state index contributed by atoms with van der Waals surface area (Å²) in [6.45, 7) is 1.25. The average Bonchev–Trinajstić information content (AvgIpc) is 3.02. The molecule has 2 aliphatic heterocycles. The molecule has 0 bridgehead atoms. The standard InChI is InChI=1S/C18H22N2O3/c1-19-15-9-20(10-16(15)23-11-17(19)21)18(22)14-7-6-12-4-2-3-5-13(12)8-14/h6-8,15-16H,2-5,9-11H2,1H3/t15-,16-/m0/s1. The van der Waals surface area contributed by atoms with Gasteiger partial charge in [0.1, 0.15) is 6.61 Å². The number of carbonyl (C=O) groups excluding carboxylic acids is 2. The smallest absolute Gasteiger partial charge is 0.254 e. The van der Waals surface area contributed by atoms with Crippen LogP contribution < -0.4 is 0 Å². The van der Waals surface area contributed by atoms with Gasteiger partial charge in [-0.2, -0.15) is 0 Å². The molecule has 2 fully saturated rings. The van der Waals surface area contributed by atoms with E-state index in [2.05, 4.69) is 12.1 Å². The first kappa shape index (κ1) is 14.7. The maximum Gasteiger partial charge on any atom is 0.254 e. The van der Waals surface area contributed by atoms with E-state index in [1.165, 1.54) is 24.0 Å². The SMILES string of the molecule is CN1C(=O)CO[C@H]2CN(C(=O)c3ccc4c(c3)CCCC4)C[C@@H]21. The van der Waals surface area contributed by atoms with Crippen LogP contribution in [0.5, 0.6) is 0 Å². The van der Waals surface area contributed by atoms with Crippen molar-refractivity contribution in [2.24, 2.45) is 0 Å². The van der Waals surface area contributed by atoms with E-state index in [0.29, 0.717) is 13.1 Å². The quantitative estimate of drug-likeness (QED) is 0.784. The lowest BCUT2D eigenvalue weighted by atomic mass is 9.90. The van der Waals surface area contributed by atoms with Crippen molar-refractivity contribution < 1.29 is 14.3 Å². The van der Waals surface area contributed by atoms with Crippen LogP contribution in [0.1, 0.15) is 34.3 Å². The van der Waals surface area contributed by atoms with Gasteiger partial charge in [-0.25, -0.2) is 0 Å². The molecular weight excluding hydrogens is 292 g/mol. The highest BCUT2D eigenvalue weighted by Crippen LogP contribution is 2.26. The van der Waals surface area contributed by atoms with Crippen molar-refractivity contribution in [3.63, 3.8) is 0 Å². The number of carbonyl (C=O) groups is 2. The minimum atomic E-state index is -0.0562. The Labute approximate surface area is 136 Å². The minimum absolute atomic E-state index is 0.00525. The number of likely N-dealkylation sites (N-methyl/N-ethyl adjacent to an activating group) is 1. The largest absolute Gasteiger partial charge is 0.364 e. The van der Waals surface area contributed by atoms with Gasteiger partial charge in [-0.05, 0) is 48.9 Å². The summed E-state index contributed by atoms with van der Waals surface area (Å²) < 4.78 is 5.61. The number of fused-ring (bicyclic) bond motifs is 2. The lowest BCUT2D eigenvalue weighted by Crippen LogP contribution is -2.51. The van der Waals surface area contributed by atoms with E-state index in [9.17, 15) is 9.59 Å². The van der Waals surface area contributed by atoms with Crippen molar-refractivity contribution >= 4 is 11.8 Å². The number of morpholine rings is 1. The molecule has 0 spiro atoms. The summed E-state index contributed by atoms with van der Waals surface area (Å²) in [5.41, 5.74) is 3.47. The van der Waals surface area contributed by atoms with E-state index >= 15 is 0 Å². The predicted molar refractivity (Wildman–Crippen MR) is 85.3 cm³/mol. The number of hydrogen-bond acceptors (Lipinski definition) is 3. The maximum absolute atomic E-state index is 12.8. The van der Waals surface area contributed by atoms with Crippen LogP contribution in [0, 0.1) is 0 Å². The second kappa shape index (κ2) is 5.64. The summed E-state index contributed by atoms with van der Waals surface area (Å²) in [6, 6.07) is 6.10. The fourth-order valence-corrected chi connectivity index (χ4v) is 3.97. The molecule has 4 rings (SSSR count). The molecule has 1 aromatic carbocycles. The zero-order valence-corrected chi connectivity index (χ0v) is 13.5. The highest BCUT2D eigenvalue weighted by atomic mass is 16.5. The van der Waals surface area contributed by atoms with Gasteiger partial charge in [-0.15, -0.1) is 0 Å². The van der Waals surface area contributed by atoms with Crippen molar-refractivity contribution in [3.05, 3.63) is 34.9 Å². The van der Waals surface area contributed by atoms with Crippen molar-refractivity contribution in [1.29, 1.82) is 0 Å². The Kier molecular flexibility index (Phi) is 3.60. The highest BCUT2D eigenvalue weighted by Gasteiger charge is 2.43. The Morgan fingerprint density at radius 1 is 1.17 bits per heavy atom. The zero-order chi connectivity index (χ0) is 16.0. The summed E-state index contributed by atoms with van der Waals surface area (Å²) in [7, 11) is 1.80. The number of amides is 2. The Morgan fingerprint density at radius 2 is 1.96 bits per heavy atom. The molecule has 0 radical (unpaired) electrons. The van der Waals surface area contributed by atoms with Gasteiger partial charge in [0, 0.05) is 25.7 Å². The predicted octanol–water partition coefficient (Wildman–Crippen LogP) is 1.25. The normalized spacial score (nSPS) is 26.9. The van der Waals surface area contributed by atoms with Crippen molar-refractivity contribution in [3.8, 4) is 0 Å². The minimum Gasteiger partial charge on any atom is -0.364 e. The third-order valence-corrected chi connectivity index (χ3v) is 5.43. The van der Waals surface area contributed by atoms with E-state index < -0.39 is 0 Å². The first-order valence-corrected chi connectivity index (χ1v) is 8.42. The van der Waals surface area contributed by atoms with Gasteiger partial charge in [0.25, 0.3) is 5.91 Å². The molecule has 1 aromatic rings. The molecule has 0 saturated carbocycles. The van der Waals surface area contributed by atoms with Crippen LogP contribution in [-0.2, 0) is 22.4 Å². The maximum atomic E-state index is 12.8. The fraction of sp³-hybridized carbons (Fsp3) is 0.556. The molecule has 5 nitrogen and oxygen atoms in total. The van der Waals surface area contributed by atoms with Gasteiger partial charge >= 0.3 is 0 Å². The number of likely N-dealkylation sites (tertiary alicyclic amines) is 1. The number of rotatable bonds is 1. The lowest BCUT2D eigenvalue weighted by molar-refractivity contribution is -0.150. The molecule has 0 N–H and O–H groups in total. The fourth-order valence-electron chi connectivity index (χ4n) is 3.97. The Balaban J connectivity index is 1.53. The van der Waals surface area contributed by atoms with Crippen molar-refractivity contribution in [2.75, 3.05) is 26.7 Å². The Morgan fingerprint density at radius 3 is 2.78 bits per heavy atom. The molecule has 2 amide bonds. The molecule has 1 aliphatic carbocycles. The molecule has 2 saturated heterocycles. The number of ether oxygens (including phenoxy) is 1. The number of benzene rings is 1. The molecule has 23 heavy (non-hydrogen) atoms. The van der Waals surface area contributed by atoms with Crippen LogP contribution in [0.15, 0.2) is 18.2 Å². The highest BCUT2D eigenvalue weighted by molar-refractivity contribution is 5.95. The van der Waals surface area contributed by atoms with Gasteiger partial charge in [0.05, 0.1) is 12.1 Å². The van der Waals surface area contributed by atoms with Gasteiger partial charge in [0.15, 0.2) is 0 Å². The third kappa shape index (κ3) is 2.53.